The molecule has 3 heterocycles. The highest BCUT2D eigenvalue weighted by atomic mass is 16.5. The van der Waals surface area contributed by atoms with Crippen molar-refractivity contribution in [3.05, 3.63) is 65.6 Å². The Kier molecular flexibility index (Phi) is 3.90. The lowest BCUT2D eigenvalue weighted by molar-refractivity contribution is 0.0696. The van der Waals surface area contributed by atoms with Gasteiger partial charge in [0.05, 0.1) is 34.8 Å². The molecule has 2 aromatic carbocycles. The second kappa shape index (κ2) is 6.59. The first kappa shape index (κ1) is 17.2. The smallest absolute Gasteiger partial charge is 0.335 e. The number of H-pyrrole nitrogens is 1. The van der Waals surface area contributed by atoms with Crippen LogP contribution in [0.4, 0.5) is 5.95 Å². The van der Waals surface area contributed by atoms with Crippen LogP contribution >= 0.6 is 0 Å². The van der Waals surface area contributed by atoms with E-state index in [4.69, 9.17) is 15.5 Å². The van der Waals surface area contributed by atoms with Crippen LogP contribution < -0.4 is 10.5 Å². The van der Waals surface area contributed by atoms with Gasteiger partial charge in [0.25, 0.3) is 0 Å². The summed E-state index contributed by atoms with van der Waals surface area (Å²) in [7, 11) is 0. The Hall–Kier alpha value is -3.94. The molecule has 0 spiro atoms. The fourth-order valence-electron chi connectivity index (χ4n) is 3.62. The number of carboxylic acid groups (broad SMARTS) is 1. The van der Waals surface area contributed by atoms with Gasteiger partial charge in [-0.3, -0.25) is 0 Å². The van der Waals surface area contributed by atoms with Gasteiger partial charge in [-0.1, -0.05) is 6.07 Å². The third-order valence-electron chi connectivity index (χ3n) is 5.07. The van der Waals surface area contributed by atoms with E-state index >= 15 is 0 Å². The quantitative estimate of drug-likeness (QED) is 0.493. The molecule has 0 aliphatic carbocycles. The van der Waals surface area contributed by atoms with Crippen molar-refractivity contribution in [3.8, 4) is 17.0 Å². The van der Waals surface area contributed by atoms with Gasteiger partial charge in [0, 0.05) is 11.8 Å². The van der Waals surface area contributed by atoms with E-state index in [2.05, 4.69) is 15.0 Å². The van der Waals surface area contributed by atoms with Gasteiger partial charge in [0.15, 0.2) is 0 Å². The molecule has 1 aliphatic rings. The van der Waals surface area contributed by atoms with Crippen LogP contribution in [0.5, 0.6) is 5.75 Å². The summed E-state index contributed by atoms with van der Waals surface area (Å²) in [6, 6.07) is 12.6. The molecule has 0 saturated carbocycles. The van der Waals surface area contributed by atoms with E-state index in [0.717, 1.165) is 39.4 Å². The number of carbonyl (C=O) groups is 1. The van der Waals surface area contributed by atoms with Gasteiger partial charge in [0.2, 0.25) is 5.95 Å². The number of carboxylic acids is 1. The summed E-state index contributed by atoms with van der Waals surface area (Å²) in [6.07, 6.45) is 2.29. The van der Waals surface area contributed by atoms with Crippen molar-refractivity contribution in [2.75, 3.05) is 12.3 Å². The zero-order valence-electron chi connectivity index (χ0n) is 15.3. The van der Waals surface area contributed by atoms with Crippen molar-refractivity contribution in [1.82, 2.24) is 19.9 Å². The van der Waals surface area contributed by atoms with E-state index < -0.39 is 5.97 Å². The first-order valence-corrected chi connectivity index (χ1v) is 9.14. The molecule has 4 aromatic rings. The highest BCUT2D eigenvalue weighted by Gasteiger charge is 2.25. The molecule has 2 aromatic heterocycles. The maximum Gasteiger partial charge on any atom is 0.335 e. The van der Waals surface area contributed by atoms with Crippen LogP contribution in [0.3, 0.4) is 0 Å². The summed E-state index contributed by atoms with van der Waals surface area (Å²) < 4.78 is 5.84. The van der Waals surface area contributed by atoms with Gasteiger partial charge in [0.1, 0.15) is 11.6 Å². The Bertz CT molecular complexity index is 1250. The second-order valence-electron chi connectivity index (χ2n) is 6.99. The molecular weight excluding hydrogens is 370 g/mol. The number of nitrogens with two attached hydrogens (primary N) is 1. The predicted molar refractivity (Wildman–Crippen MR) is 107 cm³/mol. The molecule has 1 aliphatic heterocycles. The van der Waals surface area contributed by atoms with Gasteiger partial charge in [-0.25, -0.2) is 19.7 Å². The average Bonchev–Trinajstić information content (AvgIpc) is 3.16. The number of imidazole rings is 1. The minimum atomic E-state index is -0.948. The third kappa shape index (κ3) is 3.14. The zero-order chi connectivity index (χ0) is 20.0. The standard InChI is InChI=1S/C21H17N5O3/c22-21-23-6-5-15(26-21)11-1-3-16-17(9-11)25-19(24-16)14-8-13-7-12(20(27)28)2-4-18(13)29-10-14/h1-7,9,14H,8,10H2,(H,24,25)(H,27,28)(H2,22,23,26). The monoisotopic (exact) mass is 387 g/mol. The number of aromatic nitrogens is 4. The average molecular weight is 387 g/mol. The van der Waals surface area contributed by atoms with Gasteiger partial charge < -0.3 is 20.6 Å². The highest BCUT2D eigenvalue weighted by molar-refractivity contribution is 5.88. The summed E-state index contributed by atoms with van der Waals surface area (Å²) in [5.41, 5.74) is 10.2. The number of nitrogens with zero attached hydrogens (tertiary/aromatic N) is 3. The topological polar surface area (TPSA) is 127 Å². The van der Waals surface area contributed by atoms with Crippen molar-refractivity contribution in [1.29, 1.82) is 0 Å². The van der Waals surface area contributed by atoms with Crippen LogP contribution in [-0.2, 0) is 6.42 Å². The highest BCUT2D eigenvalue weighted by Crippen LogP contribution is 2.33. The molecule has 0 fully saturated rings. The Morgan fingerprint density at radius 3 is 2.90 bits per heavy atom. The summed E-state index contributed by atoms with van der Waals surface area (Å²) in [5.74, 6) is 0.831. The Morgan fingerprint density at radius 2 is 2.07 bits per heavy atom. The van der Waals surface area contributed by atoms with Crippen molar-refractivity contribution in [3.63, 3.8) is 0 Å². The Balaban J connectivity index is 1.46. The third-order valence-corrected chi connectivity index (χ3v) is 5.07. The lowest BCUT2D eigenvalue weighted by Gasteiger charge is -2.24. The van der Waals surface area contributed by atoms with Crippen LogP contribution in [0.2, 0.25) is 0 Å². The van der Waals surface area contributed by atoms with E-state index in [-0.39, 0.29) is 17.4 Å². The van der Waals surface area contributed by atoms with Gasteiger partial charge in [-0.15, -0.1) is 0 Å². The lowest BCUT2D eigenvalue weighted by atomic mass is 9.95. The van der Waals surface area contributed by atoms with E-state index in [0.29, 0.717) is 13.0 Å². The zero-order valence-corrected chi connectivity index (χ0v) is 15.3. The molecule has 8 nitrogen and oxygen atoms in total. The molecule has 29 heavy (non-hydrogen) atoms. The first-order chi connectivity index (χ1) is 14.1. The summed E-state index contributed by atoms with van der Waals surface area (Å²) >= 11 is 0. The number of hydrogen-bond donors (Lipinski definition) is 3. The molecule has 8 heteroatoms. The number of rotatable bonds is 3. The molecule has 0 radical (unpaired) electrons. The minimum Gasteiger partial charge on any atom is -0.493 e. The molecule has 0 amide bonds. The number of anilines is 1. The largest absolute Gasteiger partial charge is 0.493 e. The van der Waals surface area contributed by atoms with E-state index in [1.165, 1.54) is 0 Å². The number of nitrogens with one attached hydrogen (secondary N) is 1. The fourth-order valence-corrected chi connectivity index (χ4v) is 3.62. The van der Waals surface area contributed by atoms with Gasteiger partial charge in [-0.05, 0) is 48.4 Å². The maximum atomic E-state index is 11.2. The number of aromatic carboxylic acids is 1. The molecule has 144 valence electrons. The van der Waals surface area contributed by atoms with Gasteiger partial charge in [-0.2, -0.15) is 0 Å². The van der Waals surface area contributed by atoms with Crippen molar-refractivity contribution < 1.29 is 14.6 Å². The normalized spacial score (nSPS) is 15.7. The van der Waals surface area contributed by atoms with Crippen LogP contribution in [0.15, 0.2) is 48.7 Å². The summed E-state index contributed by atoms with van der Waals surface area (Å²) in [5, 5.41) is 9.23. The van der Waals surface area contributed by atoms with Crippen molar-refractivity contribution >= 4 is 23.0 Å². The van der Waals surface area contributed by atoms with Crippen LogP contribution in [0, 0.1) is 0 Å². The lowest BCUT2D eigenvalue weighted by Crippen LogP contribution is -2.20. The fraction of sp³-hybridized carbons (Fsp3) is 0.143. The number of benzene rings is 2. The molecule has 0 bridgehead atoms. The molecule has 1 unspecified atom stereocenters. The van der Waals surface area contributed by atoms with Crippen molar-refractivity contribution in [2.24, 2.45) is 0 Å². The van der Waals surface area contributed by atoms with Crippen LogP contribution in [-0.4, -0.2) is 37.6 Å². The number of nitrogen functional groups attached to an aromatic ring is 1. The molecular formula is C21H17N5O3. The first-order valence-electron chi connectivity index (χ1n) is 9.14. The van der Waals surface area contributed by atoms with Crippen molar-refractivity contribution in [2.45, 2.75) is 12.3 Å². The number of hydrogen-bond acceptors (Lipinski definition) is 6. The van der Waals surface area contributed by atoms with Gasteiger partial charge >= 0.3 is 5.97 Å². The van der Waals surface area contributed by atoms with E-state index in [1.54, 1.807) is 30.5 Å². The molecule has 0 saturated heterocycles. The summed E-state index contributed by atoms with van der Waals surface area (Å²) in [4.78, 5) is 27.5. The number of ether oxygens (including phenoxy) is 1. The van der Waals surface area contributed by atoms with Crippen LogP contribution in [0.25, 0.3) is 22.3 Å². The summed E-state index contributed by atoms with van der Waals surface area (Å²) in [6.45, 7) is 0.481. The molecule has 5 rings (SSSR count). The van der Waals surface area contributed by atoms with E-state index in [9.17, 15) is 9.90 Å². The minimum absolute atomic E-state index is 0.0112. The predicted octanol–water partition coefficient (Wildman–Crippen LogP) is 3.02. The molecule has 1 atom stereocenters. The number of aromatic amines is 1. The maximum absolute atomic E-state index is 11.2. The van der Waals surface area contributed by atoms with E-state index in [1.807, 2.05) is 18.2 Å². The Labute approximate surface area is 165 Å². The second-order valence-corrected chi connectivity index (χ2v) is 6.99. The molecule has 4 N–H and O–H groups in total. The number of fused-ring (bicyclic) bond motifs is 2. The van der Waals surface area contributed by atoms with Crippen LogP contribution in [0.1, 0.15) is 27.7 Å². The SMILES string of the molecule is Nc1nccc(-c2ccc3nc(C4COc5ccc(C(=O)O)cc5C4)[nH]c3c2)n1. The Morgan fingerprint density at radius 1 is 1.17 bits per heavy atom.